The van der Waals surface area contributed by atoms with Crippen molar-refractivity contribution in [1.29, 1.82) is 0 Å². The van der Waals surface area contributed by atoms with E-state index in [0.717, 1.165) is 17.1 Å². The van der Waals surface area contributed by atoms with E-state index in [-0.39, 0.29) is 0 Å². The summed E-state index contributed by atoms with van der Waals surface area (Å²) in [6.07, 6.45) is 7.19. The first-order valence-electron chi connectivity index (χ1n) is 12.2. The van der Waals surface area contributed by atoms with Crippen molar-refractivity contribution >= 4 is 39.6 Å². The van der Waals surface area contributed by atoms with Crippen molar-refractivity contribution in [1.82, 2.24) is 9.88 Å². The molecule has 1 aliphatic heterocycles. The van der Waals surface area contributed by atoms with Gasteiger partial charge in [-0.15, -0.1) is 0 Å². The standard InChI is InChI=1S/C27H36N4OS/c1-4-6-19(3)31-15-13-20(14-16-31)25-18-28-26-12-9-22(17-24(25)26)30-27(33)29-21-7-10-23(11-8-21)32-5-2/h7-12,17-20,28H,4-6,13-16H2,1-3H3,(H2,29,30,33). The number of aromatic amines is 1. The number of thiocarbonyl (C=S) groups is 1. The van der Waals surface area contributed by atoms with E-state index in [1.54, 1.807) is 0 Å². The highest BCUT2D eigenvalue weighted by Crippen LogP contribution is 2.35. The molecular weight excluding hydrogens is 428 g/mol. The number of nitrogens with zero attached hydrogens (tertiary/aromatic N) is 1. The van der Waals surface area contributed by atoms with Gasteiger partial charge in [0.25, 0.3) is 0 Å². The van der Waals surface area contributed by atoms with Crippen molar-refractivity contribution in [2.24, 2.45) is 0 Å². The minimum absolute atomic E-state index is 0.578. The second kappa shape index (κ2) is 11.0. The summed E-state index contributed by atoms with van der Waals surface area (Å²) in [6.45, 7) is 9.67. The number of ether oxygens (including phenoxy) is 1. The van der Waals surface area contributed by atoms with Crippen molar-refractivity contribution in [3.8, 4) is 5.75 Å². The van der Waals surface area contributed by atoms with Crippen molar-refractivity contribution in [2.45, 2.75) is 58.4 Å². The van der Waals surface area contributed by atoms with Crippen LogP contribution in [-0.2, 0) is 0 Å². The number of aromatic nitrogens is 1. The van der Waals surface area contributed by atoms with Crippen LogP contribution in [0.25, 0.3) is 10.9 Å². The highest BCUT2D eigenvalue weighted by atomic mass is 32.1. The highest BCUT2D eigenvalue weighted by Gasteiger charge is 2.25. The number of anilines is 2. The number of H-pyrrole nitrogens is 1. The number of nitrogens with one attached hydrogen (secondary N) is 3. The predicted octanol–water partition coefficient (Wildman–Crippen LogP) is 6.74. The third kappa shape index (κ3) is 5.87. The van der Waals surface area contributed by atoms with Crippen LogP contribution in [0.15, 0.2) is 48.7 Å². The molecule has 0 bridgehead atoms. The first-order valence-corrected chi connectivity index (χ1v) is 12.6. The Balaban J connectivity index is 1.40. The second-order valence-electron chi connectivity index (χ2n) is 8.99. The molecule has 2 heterocycles. The van der Waals surface area contributed by atoms with Crippen molar-refractivity contribution in [3.05, 3.63) is 54.2 Å². The molecule has 0 saturated carbocycles. The van der Waals surface area contributed by atoms with E-state index in [1.165, 1.54) is 55.2 Å². The first kappa shape index (κ1) is 23.6. The van der Waals surface area contributed by atoms with Gasteiger partial charge in [0.1, 0.15) is 5.75 Å². The van der Waals surface area contributed by atoms with E-state index in [2.05, 4.69) is 58.8 Å². The quantitative estimate of drug-likeness (QED) is 0.322. The van der Waals surface area contributed by atoms with Crippen LogP contribution >= 0.6 is 12.2 Å². The number of hydrogen-bond acceptors (Lipinski definition) is 3. The lowest BCUT2D eigenvalue weighted by atomic mass is 9.88. The molecule has 4 rings (SSSR count). The third-order valence-electron chi connectivity index (χ3n) is 6.69. The van der Waals surface area contributed by atoms with E-state index < -0.39 is 0 Å². The average Bonchev–Trinajstić information content (AvgIpc) is 3.24. The zero-order valence-corrected chi connectivity index (χ0v) is 20.8. The summed E-state index contributed by atoms with van der Waals surface area (Å²) >= 11 is 5.55. The molecule has 0 aliphatic carbocycles. The molecule has 2 aromatic carbocycles. The molecule has 1 aromatic heterocycles. The third-order valence-corrected chi connectivity index (χ3v) is 6.90. The number of hydrogen-bond donors (Lipinski definition) is 3. The minimum atomic E-state index is 0.578. The maximum absolute atomic E-state index is 5.55. The van der Waals surface area contributed by atoms with Gasteiger partial charge in [0.15, 0.2) is 5.11 Å². The Kier molecular flexibility index (Phi) is 7.89. The summed E-state index contributed by atoms with van der Waals surface area (Å²) in [4.78, 5) is 6.13. The van der Waals surface area contributed by atoms with Crippen molar-refractivity contribution in [2.75, 3.05) is 30.3 Å². The Morgan fingerprint density at radius 3 is 2.48 bits per heavy atom. The van der Waals surface area contributed by atoms with Gasteiger partial charge in [-0.1, -0.05) is 13.3 Å². The van der Waals surface area contributed by atoms with Gasteiger partial charge < -0.3 is 25.3 Å². The lowest BCUT2D eigenvalue weighted by Gasteiger charge is -2.36. The molecule has 33 heavy (non-hydrogen) atoms. The fourth-order valence-corrected chi connectivity index (χ4v) is 5.14. The van der Waals surface area contributed by atoms with Gasteiger partial charge >= 0.3 is 0 Å². The minimum Gasteiger partial charge on any atom is -0.494 e. The summed E-state index contributed by atoms with van der Waals surface area (Å²) in [7, 11) is 0. The van der Waals surface area contributed by atoms with E-state index in [4.69, 9.17) is 17.0 Å². The fraction of sp³-hybridized carbons (Fsp3) is 0.444. The lowest BCUT2D eigenvalue weighted by Crippen LogP contribution is -2.39. The molecule has 0 radical (unpaired) electrons. The smallest absolute Gasteiger partial charge is 0.175 e. The molecule has 176 valence electrons. The van der Waals surface area contributed by atoms with Crippen LogP contribution in [0.3, 0.4) is 0 Å². The largest absolute Gasteiger partial charge is 0.494 e. The number of rotatable bonds is 8. The van der Waals surface area contributed by atoms with Crippen molar-refractivity contribution < 1.29 is 4.74 Å². The summed E-state index contributed by atoms with van der Waals surface area (Å²) < 4.78 is 5.50. The lowest BCUT2D eigenvalue weighted by molar-refractivity contribution is 0.155. The van der Waals surface area contributed by atoms with Crippen LogP contribution in [0.2, 0.25) is 0 Å². The van der Waals surface area contributed by atoms with Gasteiger partial charge in [0, 0.05) is 34.5 Å². The van der Waals surface area contributed by atoms with E-state index in [1.807, 2.05) is 31.2 Å². The Hall–Kier alpha value is -2.57. The summed E-state index contributed by atoms with van der Waals surface area (Å²) in [5.41, 5.74) is 4.55. The van der Waals surface area contributed by atoms with E-state index >= 15 is 0 Å². The van der Waals surface area contributed by atoms with Gasteiger partial charge in [-0.05, 0) is 112 Å². The Labute approximate surface area is 202 Å². The summed E-state index contributed by atoms with van der Waals surface area (Å²) in [5, 5.41) is 8.47. The zero-order chi connectivity index (χ0) is 23.2. The molecule has 5 nitrogen and oxygen atoms in total. The van der Waals surface area contributed by atoms with Crippen LogP contribution in [0.5, 0.6) is 5.75 Å². The monoisotopic (exact) mass is 464 g/mol. The molecular formula is C27H36N4OS. The van der Waals surface area contributed by atoms with Gasteiger partial charge in [-0.2, -0.15) is 0 Å². The van der Waals surface area contributed by atoms with Crippen molar-refractivity contribution in [3.63, 3.8) is 0 Å². The normalized spacial score (nSPS) is 16.0. The Morgan fingerprint density at radius 2 is 1.79 bits per heavy atom. The zero-order valence-electron chi connectivity index (χ0n) is 20.0. The molecule has 1 aliphatic rings. The first-order chi connectivity index (χ1) is 16.1. The van der Waals surface area contributed by atoms with Crippen LogP contribution in [-0.4, -0.2) is 40.7 Å². The maximum Gasteiger partial charge on any atom is 0.175 e. The SMILES string of the molecule is CCCC(C)N1CCC(c2c[nH]c3ccc(NC(=S)Nc4ccc(OCC)cc4)cc23)CC1. The van der Waals surface area contributed by atoms with Crippen LogP contribution < -0.4 is 15.4 Å². The van der Waals surface area contributed by atoms with Crippen LogP contribution in [0.4, 0.5) is 11.4 Å². The molecule has 1 saturated heterocycles. The van der Waals surface area contributed by atoms with Gasteiger partial charge in [-0.25, -0.2) is 0 Å². The molecule has 3 aromatic rings. The predicted molar refractivity (Wildman–Crippen MR) is 144 cm³/mol. The van der Waals surface area contributed by atoms with Crippen LogP contribution in [0, 0.1) is 0 Å². The van der Waals surface area contributed by atoms with Gasteiger partial charge in [-0.3, -0.25) is 0 Å². The van der Waals surface area contributed by atoms with E-state index in [9.17, 15) is 0 Å². The summed E-state index contributed by atoms with van der Waals surface area (Å²) in [6, 6.07) is 15.0. The Morgan fingerprint density at radius 1 is 1.09 bits per heavy atom. The molecule has 3 N–H and O–H groups in total. The fourth-order valence-electron chi connectivity index (χ4n) is 4.90. The van der Waals surface area contributed by atoms with Gasteiger partial charge in [0.2, 0.25) is 0 Å². The molecule has 1 atom stereocenters. The Bertz CT molecular complexity index is 1050. The molecule has 0 spiro atoms. The van der Waals surface area contributed by atoms with Crippen LogP contribution in [0.1, 0.15) is 57.9 Å². The van der Waals surface area contributed by atoms with E-state index in [0.29, 0.717) is 23.7 Å². The average molecular weight is 465 g/mol. The van der Waals surface area contributed by atoms with Gasteiger partial charge in [0.05, 0.1) is 6.61 Å². The number of benzene rings is 2. The molecule has 6 heteroatoms. The topological polar surface area (TPSA) is 52.3 Å². The second-order valence-corrected chi connectivity index (χ2v) is 9.40. The summed E-state index contributed by atoms with van der Waals surface area (Å²) in [5.74, 6) is 1.46. The highest BCUT2D eigenvalue weighted by molar-refractivity contribution is 7.80. The maximum atomic E-state index is 5.55. The molecule has 1 fully saturated rings. The molecule has 0 amide bonds. The number of likely N-dealkylation sites (tertiary alicyclic amines) is 1. The number of piperidine rings is 1. The number of fused-ring (bicyclic) bond motifs is 1. The molecule has 1 unspecified atom stereocenters.